The molecular weight excluding hydrogens is 166 g/mol. The maximum atomic E-state index is 9.31. The van der Waals surface area contributed by atoms with Gasteiger partial charge in [0.15, 0.2) is 11.4 Å². The summed E-state index contributed by atoms with van der Waals surface area (Å²) in [5.74, 6) is 0.811. The molecule has 0 atom stereocenters. The van der Waals surface area contributed by atoms with Gasteiger partial charge in [0.05, 0.1) is 6.20 Å². The van der Waals surface area contributed by atoms with Crippen molar-refractivity contribution in [2.24, 2.45) is 0 Å². The smallest absolute Gasteiger partial charge is 0.197 e. The Hall–Kier alpha value is -1.58. The van der Waals surface area contributed by atoms with Crippen molar-refractivity contribution in [3.8, 4) is 5.75 Å². The molecule has 0 bridgehead atoms. The Balaban J connectivity index is 2.21. The standard InChI is InChI=1S/C9H9N3O/c13-8-4-11-12-5-7(6-1-2-6)3-10-9(8)12/h3-6,13H,1-2H2. The molecule has 1 N–H and O–H groups in total. The molecule has 1 aliphatic rings. The highest BCUT2D eigenvalue weighted by Gasteiger charge is 2.24. The minimum absolute atomic E-state index is 0.141. The van der Waals surface area contributed by atoms with E-state index in [4.69, 9.17) is 0 Å². The zero-order valence-corrected chi connectivity index (χ0v) is 7.01. The number of nitrogens with zero attached hydrogens (tertiary/aromatic N) is 3. The molecule has 4 heteroatoms. The summed E-state index contributed by atoms with van der Waals surface area (Å²) in [4.78, 5) is 4.15. The van der Waals surface area contributed by atoms with Crippen molar-refractivity contribution in [3.63, 3.8) is 0 Å². The van der Waals surface area contributed by atoms with Gasteiger partial charge in [0.1, 0.15) is 0 Å². The Bertz CT molecular complexity index is 459. The van der Waals surface area contributed by atoms with Crippen LogP contribution in [-0.2, 0) is 0 Å². The topological polar surface area (TPSA) is 50.4 Å². The van der Waals surface area contributed by atoms with Crippen molar-refractivity contribution < 1.29 is 5.11 Å². The molecule has 66 valence electrons. The first-order valence-corrected chi connectivity index (χ1v) is 4.37. The van der Waals surface area contributed by atoms with Crippen molar-refractivity contribution >= 4 is 5.65 Å². The molecule has 0 saturated heterocycles. The molecule has 0 amide bonds. The van der Waals surface area contributed by atoms with Gasteiger partial charge in [-0.05, 0) is 24.3 Å². The van der Waals surface area contributed by atoms with Gasteiger partial charge in [0.2, 0.25) is 0 Å². The predicted molar refractivity (Wildman–Crippen MR) is 46.6 cm³/mol. The summed E-state index contributed by atoms with van der Waals surface area (Å²) < 4.78 is 1.63. The SMILES string of the molecule is Oc1cnn2cc(C3CC3)cnc12. The van der Waals surface area contributed by atoms with Gasteiger partial charge >= 0.3 is 0 Å². The van der Waals surface area contributed by atoms with E-state index in [9.17, 15) is 5.11 Å². The summed E-state index contributed by atoms with van der Waals surface area (Å²) in [5, 5.41) is 13.3. The van der Waals surface area contributed by atoms with Crippen LogP contribution in [0.25, 0.3) is 5.65 Å². The second kappa shape index (κ2) is 2.22. The average molecular weight is 175 g/mol. The fraction of sp³-hybridized carbons (Fsp3) is 0.333. The summed E-state index contributed by atoms with van der Waals surface area (Å²) in [6, 6.07) is 0. The van der Waals surface area contributed by atoms with E-state index in [1.807, 2.05) is 12.4 Å². The highest BCUT2D eigenvalue weighted by atomic mass is 16.3. The second-order valence-corrected chi connectivity index (χ2v) is 3.46. The third-order valence-electron chi connectivity index (χ3n) is 2.41. The van der Waals surface area contributed by atoms with E-state index in [2.05, 4.69) is 10.1 Å². The fourth-order valence-corrected chi connectivity index (χ4v) is 1.50. The number of hydrogen-bond acceptors (Lipinski definition) is 3. The summed E-state index contributed by atoms with van der Waals surface area (Å²) in [6.45, 7) is 0. The van der Waals surface area contributed by atoms with Gasteiger partial charge in [-0.2, -0.15) is 5.10 Å². The van der Waals surface area contributed by atoms with Gasteiger partial charge in [-0.15, -0.1) is 0 Å². The minimum Gasteiger partial charge on any atom is -0.503 e. The monoisotopic (exact) mass is 175 g/mol. The highest BCUT2D eigenvalue weighted by molar-refractivity contribution is 5.51. The molecule has 0 spiro atoms. The Morgan fingerprint density at radius 3 is 3.00 bits per heavy atom. The van der Waals surface area contributed by atoms with Gasteiger partial charge < -0.3 is 5.11 Å². The van der Waals surface area contributed by atoms with Gasteiger partial charge in [-0.1, -0.05) is 0 Å². The fourth-order valence-electron chi connectivity index (χ4n) is 1.50. The lowest BCUT2D eigenvalue weighted by atomic mass is 10.2. The largest absolute Gasteiger partial charge is 0.503 e. The van der Waals surface area contributed by atoms with Gasteiger partial charge in [0, 0.05) is 12.4 Å². The summed E-state index contributed by atoms with van der Waals surface area (Å²) in [7, 11) is 0. The molecule has 1 fully saturated rings. The quantitative estimate of drug-likeness (QED) is 0.711. The summed E-state index contributed by atoms with van der Waals surface area (Å²) in [6.07, 6.45) is 7.69. The molecule has 1 aliphatic carbocycles. The molecular formula is C9H9N3O. The van der Waals surface area contributed by atoms with Crippen LogP contribution in [0.3, 0.4) is 0 Å². The van der Waals surface area contributed by atoms with E-state index in [-0.39, 0.29) is 5.75 Å². The number of rotatable bonds is 1. The number of fused-ring (bicyclic) bond motifs is 1. The van der Waals surface area contributed by atoms with Gasteiger partial charge in [0.25, 0.3) is 0 Å². The zero-order chi connectivity index (χ0) is 8.84. The molecule has 3 rings (SSSR count). The first-order chi connectivity index (χ1) is 6.34. The minimum atomic E-state index is 0.141. The van der Waals surface area contributed by atoms with E-state index < -0.39 is 0 Å². The van der Waals surface area contributed by atoms with Crippen molar-refractivity contribution in [3.05, 3.63) is 24.2 Å². The molecule has 0 aromatic carbocycles. The van der Waals surface area contributed by atoms with Crippen molar-refractivity contribution in [2.75, 3.05) is 0 Å². The van der Waals surface area contributed by atoms with Crippen LogP contribution in [0.1, 0.15) is 24.3 Å². The first kappa shape index (κ1) is 6.88. The predicted octanol–water partition coefficient (Wildman–Crippen LogP) is 1.31. The van der Waals surface area contributed by atoms with Gasteiger partial charge in [-0.3, -0.25) is 0 Å². The zero-order valence-electron chi connectivity index (χ0n) is 7.01. The molecule has 2 aromatic heterocycles. The van der Waals surface area contributed by atoms with Gasteiger partial charge in [-0.25, -0.2) is 9.50 Å². The van der Waals surface area contributed by atoms with E-state index in [0.717, 1.165) is 0 Å². The Morgan fingerprint density at radius 2 is 2.23 bits per heavy atom. The molecule has 1 saturated carbocycles. The van der Waals surface area contributed by atoms with Crippen LogP contribution in [0.4, 0.5) is 0 Å². The summed E-state index contributed by atoms with van der Waals surface area (Å²) in [5.41, 5.74) is 1.75. The van der Waals surface area contributed by atoms with Crippen LogP contribution in [-0.4, -0.2) is 19.7 Å². The lowest BCUT2D eigenvalue weighted by Gasteiger charge is -1.97. The van der Waals surface area contributed by atoms with Crippen molar-refractivity contribution in [1.29, 1.82) is 0 Å². The van der Waals surface area contributed by atoms with Crippen LogP contribution in [0.5, 0.6) is 5.75 Å². The number of aromatic nitrogens is 3. The van der Waals surface area contributed by atoms with E-state index >= 15 is 0 Å². The highest BCUT2D eigenvalue weighted by Crippen LogP contribution is 2.39. The molecule has 4 nitrogen and oxygen atoms in total. The normalized spacial score (nSPS) is 16.6. The molecule has 13 heavy (non-hydrogen) atoms. The Labute approximate surface area is 74.8 Å². The van der Waals surface area contributed by atoms with Crippen LogP contribution in [0.15, 0.2) is 18.6 Å². The van der Waals surface area contributed by atoms with Crippen LogP contribution in [0, 0.1) is 0 Å². The third-order valence-corrected chi connectivity index (χ3v) is 2.41. The van der Waals surface area contributed by atoms with E-state index in [1.54, 1.807) is 4.52 Å². The second-order valence-electron chi connectivity index (χ2n) is 3.46. The molecule has 2 aromatic rings. The lowest BCUT2D eigenvalue weighted by molar-refractivity contribution is 0.480. The maximum absolute atomic E-state index is 9.31. The van der Waals surface area contributed by atoms with Crippen LogP contribution in [0.2, 0.25) is 0 Å². The first-order valence-electron chi connectivity index (χ1n) is 4.37. The number of aromatic hydroxyl groups is 1. The Morgan fingerprint density at radius 1 is 1.38 bits per heavy atom. The van der Waals surface area contributed by atoms with Crippen LogP contribution < -0.4 is 0 Å². The van der Waals surface area contributed by atoms with E-state index in [1.165, 1.54) is 24.6 Å². The van der Waals surface area contributed by atoms with Crippen molar-refractivity contribution in [1.82, 2.24) is 14.6 Å². The maximum Gasteiger partial charge on any atom is 0.197 e. The molecule has 2 heterocycles. The average Bonchev–Trinajstić information content (AvgIpc) is 2.93. The summed E-state index contributed by atoms with van der Waals surface area (Å²) >= 11 is 0. The molecule has 0 aliphatic heterocycles. The van der Waals surface area contributed by atoms with Crippen molar-refractivity contribution in [2.45, 2.75) is 18.8 Å². The van der Waals surface area contributed by atoms with E-state index in [0.29, 0.717) is 11.6 Å². The lowest BCUT2D eigenvalue weighted by Crippen LogP contribution is -1.92. The third kappa shape index (κ3) is 0.983. The Kier molecular flexibility index (Phi) is 1.17. The molecule has 0 unspecified atom stereocenters. The van der Waals surface area contributed by atoms with Crippen LogP contribution >= 0.6 is 0 Å². The molecule has 0 radical (unpaired) electrons. The number of hydrogen-bond donors (Lipinski definition) is 1.